The maximum Gasteiger partial charge on any atom is 0.270 e. The van der Waals surface area contributed by atoms with E-state index in [1.165, 1.54) is 18.3 Å². The molecule has 2 amide bonds. The average Bonchev–Trinajstić information content (AvgIpc) is 2.52. The lowest BCUT2D eigenvalue weighted by Gasteiger charge is -2.07. The highest BCUT2D eigenvalue weighted by Gasteiger charge is 2.10. The van der Waals surface area contributed by atoms with E-state index in [1.54, 1.807) is 24.3 Å². The van der Waals surface area contributed by atoms with Crippen LogP contribution < -0.4 is 10.6 Å². The molecule has 0 aliphatic heterocycles. The normalized spacial score (nSPS) is 10.1. The summed E-state index contributed by atoms with van der Waals surface area (Å²) in [6.07, 6.45) is 1.40. The van der Waals surface area contributed by atoms with Gasteiger partial charge in [0.2, 0.25) is 5.91 Å². The van der Waals surface area contributed by atoms with Gasteiger partial charge in [0.05, 0.1) is 6.54 Å². The summed E-state index contributed by atoms with van der Waals surface area (Å²) in [7, 11) is 0. The van der Waals surface area contributed by atoms with Gasteiger partial charge in [-0.3, -0.25) is 14.6 Å². The van der Waals surface area contributed by atoms with E-state index in [2.05, 4.69) is 15.6 Å². The van der Waals surface area contributed by atoms with Crippen molar-refractivity contribution in [3.8, 4) is 0 Å². The molecule has 0 unspecified atom stereocenters. The molecule has 0 spiro atoms. The van der Waals surface area contributed by atoms with Crippen molar-refractivity contribution in [3.63, 3.8) is 0 Å². The van der Waals surface area contributed by atoms with Gasteiger partial charge in [0.15, 0.2) is 0 Å². The molecule has 1 heterocycles. The largest absolute Gasteiger partial charge is 0.350 e. The van der Waals surface area contributed by atoms with Gasteiger partial charge >= 0.3 is 0 Å². The van der Waals surface area contributed by atoms with E-state index in [4.69, 9.17) is 11.6 Å². The first-order valence-corrected chi connectivity index (χ1v) is 6.84. The zero-order valence-electron chi connectivity index (χ0n) is 11.5. The van der Waals surface area contributed by atoms with Crippen molar-refractivity contribution in [2.75, 3.05) is 6.54 Å². The van der Waals surface area contributed by atoms with Crippen molar-refractivity contribution >= 4 is 23.4 Å². The Kier molecular flexibility index (Phi) is 5.43. The molecule has 2 aromatic rings. The fourth-order valence-corrected chi connectivity index (χ4v) is 1.84. The van der Waals surface area contributed by atoms with E-state index in [-0.39, 0.29) is 18.8 Å². The predicted octanol–water partition coefficient (Wildman–Crippen LogP) is 1.92. The molecule has 22 heavy (non-hydrogen) atoms. The Morgan fingerprint density at radius 2 is 1.95 bits per heavy atom. The minimum Gasteiger partial charge on any atom is -0.350 e. The number of carbonyl (C=O) groups is 2. The number of hydrogen-bond acceptors (Lipinski definition) is 3. The van der Waals surface area contributed by atoms with Gasteiger partial charge in [0.25, 0.3) is 5.91 Å². The molecule has 2 N–H and O–H groups in total. The molecule has 0 saturated carbocycles. The minimum atomic E-state index is -0.511. The number of rotatable bonds is 5. The van der Waals surface area contributed by atoms with Crippen LogP contribution in [-0.4, -0.2) is 23.3 Å². The summed E-state index contributed by atoms with van der Waals surface area (Å²) in [5.41, 5.74) is 0.494. The third kappa shape index (κ3) is 4.53. The number of carbonyl (C=O) groups excluding carboxylic acids is 2. The fraction of sp³-hybridized carbons (Fsp3) is 0.133. The van der Waals surface area contributed by atoms with Gasteiger partial charge < -0.3 is 10.6 Å². The van der Waals surface area contributed by atoms with Gasteiger partial charge in [-0.05, 0) is 18.2 Å². The van der Waals surface area contributed by atoms with Crippen LogP contribution >= 0.6 is 11.6 Å². The highest BCUT2D eigenvalue weighted by atomic mass is 35.5. The van der Waals surface area contributed by atoms with Crippen molar-refractivity contribution in [3.05, 3.63) is 64.7 Å². The van der Waals surface area contributed by atoms with Crippen LogP contribution in [0.3, 0.4) is 0 Å². The second-order valence-electron chi connectivity index (χ2n) is 4.41. The highest BCUT2D eigenvalue weighted by Crippen LogP contribution is 2.07. The number of nitrogens with one attached hydrogen (secondary N) is 2. The number of pyridine rings is 1. The Bertz CT molecular complexity index is 694. The molecule has 2 rings (SSSR count). The van der Waals surface area contributed by atoms with Crippen LogP contribution in [0.15, 0.2) is 42.6 Å². The van der Waals surface area contributed by atoms with Gasteiger partial charge in [0.1, 0.15) is 11.5 Å². The molecule has 1 aromatic carbocycles. The van der Waals surface area contributed by atoms with E-state index in [9.17, 15) is 14.0 Å². The summed E-state index contributed by atoms with van der Waals surface area (Å²) in [4.78, 5) is 27.2. The Hall–Kier alpha value is -2.47. The highest BCUT2D eigenvalue weighted by molar-refractivity contribution is 6.30. The third-order valence-electron chi connectivity index (χ3n) is 2.80. The van der Waals surface area contributed by atoms with Crippen molar-refractivity contribution in [1.82, 2.24) is 15.6 Å². The van der Waals surface area contributed by atoms with Crippen LogP contribution in [0, 0.1) is 5.82 Å². The van der Waals surface area contributed by atoms with Gasteiger partial charge in [-0.2, -0.15) is 0 Å². The minimum absolute atomic E-state index is 0.0524. The molecule has 1 aromatic heterocycles. The Morgan fingerprint density at radius 3 is 2.68 bits per heavy atom. The van der Waals surface area contributed by atoms with E-state index in [0.29, 0.717) is 10.6 Å². The SMILES string of the molecule is O=C(CNC(=O)c1cc(Cl)ccn1)NCc1ccccc1F. The van der Waals surface area contributed by atoms with Crippen LogP contribution in [0.4, 0.5) is 4.39 Å². The van der Waals surface area contributed by atoms with Crippen LogP contribution in [0.2, 0.25) is 5.02 Å². The zero-order valence-corrected chi connectivity index (χ0v) is 12.2. The van der Waals surface area contributed by atoms with Gasteiger partial charge in [-0.1, -0.05) is 29.8 Å². The number of hydrogen-bond donors (Lipinski definition) is 2. The first kappa shape index (κ1) is 15.9. The molecule has 0 aliphatic carbocycles. The van der Waals surface area contributed by atoms with E-state index >= 15 is 0 Å². The van der Waals surface area contributed by atoms with Crippen LogP contribution in [0.5, 0.6) is 0 Å². The first-order valence-electron chi connectivity index (χ1n) is 6.46. The van der Waals surface area contributed by atoms with Gasteiger partial charge in [0, 0.05) is 23.3 Å². The second-order valence-corrected chi connectivity index (χ2v) is 4.85. The lowest BCUT2D eigenvalue weighted by Crippen LogP contribution is -2.37. The van der Waals surface area contributed by atoms with E-state index in [0.717, 1.165) is 0 Å². The van der Waals surface area contributed by atoms with Crippen molar-refractivity contribution in [2.45, 2.75) is 6.54 Å². The lowest BCUT2D eigenvalue weighted by molar-refractivity contribution is -0.120. The lowest BCUT2D eigenvalue weighted by atomic mass is 10.2. The summed E-state index contributed by atoms with van der Waals surface area (Å²) in [5.74, 6) is -1.34. The molecule has 0 bridgehead atoms. The fourth-order valence-electron chi connectivity index (χ4n) is 1.68. The monoisotopic (exact) mass is 321 g/mol. The maximum atomic E-state index is 13.4. The van der Waals surface area contributed by atoms with Crippen molar-refractivity contribution in [2.24, 2.45) is 0 Å². The summed E-state index contributed by atoms with van der Waals surface area (Å²) in [6, 6.07) is 9.07. The zero-order chi connectivity index (χ0) is 15.9. The predicted molar refractivity (Wildman–Crippen MR) is 79.8 cm³/mol. The summed E-state index contributed by atoms with van der Waals surface area (Å²) in [5, 5.41) is 5.31. The molecule has 0 saturated heterocycles. The average molecular weight is 322 g/mol. The standard InChI is InChI=1S/C15H13ClFN3O2/c16-11-5-6-18-13(7-11)15(22)20-9-14(21)19-8-10-3-1-2-4-12(10)17/h1-7H,8-9H2,(H,19,21)(H,20,22). The number of aromatic nitrogens is 1. The molecule has 0 fully saturated rings. The number of benzene rings is 1. The van der Waals surface area contributed by atoms with Crippen LogP contribution in [0.1, 0.15) is 16.1 Å². The third-order valence-corrected chi connectivity index (χ3v) is 3.03. The molecule has 0 radical (unpaired) electrons. The maximum absolute atomic E-state index is 13.4. The summed E-state index contributed by atoms with van der Waals surface area (Å²) >= 11 is 5.75. The topological polar surface area (TPSA) is 71.1 Å². The molecular weight excluding hydrogens is 309 g/mol. The molecule has 0 aliphatic rings. The first-order chi connectivity index (χ1) is 10.6. The summed E-state index contributed by atoms with van der Waals surface area (Å²) in [6.45, 7) is -0.182. The van der Waals surface area contributed by atoms with E-state index < -0.39 is 17.6 Å². The number of amides is 2. The van der Waals surface area contributed by atoms with Crippen molar-refractivity contribution < 1.29 is 14.0 Å². The van der Waals surface area contributed by atoms with Crippen LogP contribution in [-0.2, 0) is 11.3 Å². The van der Waals surface area contributed by atoms with Gasteiger partial charge in [-0.25, -0.2) is 4.39 Å². The number of nitrogens with zero attached hydrogens (tertiary/aromatic N) is 1. The smallest absolute Gasteiger partial charge is 0.270 e. The van der Waals surface area contributed by atoms with E-state index in [1.807, 2.05) is 0 Å². The molecule has 7 heteroatoms. The Morgan fingerprint density at radius 1 is 1.18 bits per heavy atom. The quantitative estimate of drug-likeness (QED) is 0.884. The molecule has 0 atom stereocenters. The summed E-state index contributed by atoms with van der Waals surface area (Å²) < 4.78 is 13.4. The Balaban J connectivity index is 1.81. The molecular formula is C15H13ClFN3O2. The van der Waals surface area contributed by atoms with Gasteiger partial charge in [-0.15, -0.1) is 0 Å². The number of halogens is 2. The molecule has 5 nitrogen and oxygen atoms in total. The van der Waals surface area contributed by atoms with Crippen LogP contribution in [0.25, 0.3) is 0 Å². The Labute approximate surface area is 131 Å². The molecule has 114 valence electrons. The second kappa shape index (κ2) is 7.51. The van der Waals surface area contributed by atoms with Crippen molar-refractivity contribution in [1.29, 1.82) is 0 Å².